The lowest BCUT2D eigenvalue weighted by Gasteiger charge is -2.47. The average Bonchev–Trinajstić information content (AvgIpc) is 4.04. The van der Waals surface area contributed by atoms with Crippen LogP contribution in [0.15, 0.2) is 24.3 Å². The van der Waals surface area contributed by atoms with Crippen molar-refractivity contribution in [3.8, 4) is 41.2 Å². The van der Waals surface area contributed by atoms with Gasteiger partial charge in [-0.2, -0.15) is 9.97 Å². The van der Waals surface area contributed by atoms with E-state index in [4.69, 9.17) is 30.6 Å². The van der Waals surface area contributed by atoms with Gasteiger partial charge >= 0.3 is 6.01 Å². The lowest BCUT2D eigenvalue weighted by molar-refractivity contribution is -0.0124. The van der Waals surface area contributed by atoms with E-state index in [9.17, 15) is 18.6 Å². The number of pyridine rings is 1. The highest BCUT2D eigenvalue weighted by molar-refractivity contribution is 7.90. The van der Waals surface area contributed by atoms with Crippen LogP contribution < -0.4 is 14.4 Å². The van der Waals surface area contributed by atoms with Crippen LogP contribution in [0.25, 0.3) is 32.9 Å². The normalized spacial score (nSPS) is 25.9. The number of methoxy groups -OCH3 is 1. The van der Waals surface area contributed by atoms with Crippen LogP contribution in [0.1, 0.15) is 70.3 Å². The van der Waals surface area contributed by atoms with Crippen molar-refractivity contribution in [3.63, 3.8) is 0 Å². The van der Waals surface area contributed by atoms with E-state index in [2.05, 4.69) is 15.8 Å². The number of rotatable bonds is 10. The molecule has 0 radical (unpaired) electrons. The molecule has 2 aromatic heterocycles. The van der Waals surface area contributed by atoms with E-state index >= 15 is 8.78 Å². The first-order valence-corrected chi connectivity index (χ1v) is 22.6. The maximum absolute atomic E-state index is 17.4. The quantitative estimate of drug-likeness (QED) is 0.191. The van der Waals surface area contributed by atoms with E-state index in [-0.39, 0.29) is 93.0 Å². The number of aromatic nitrogens is 3. The molecule has 5 aliphatic rings. The zero-order valence-corrected chi connectivity index (χ0v) is 34.9. The van der Waals surface area contributed by atoms with Gasteiger partial charge in [0.25, 0.3) is 0 Å². The van der Waals surface area contributed by atoms with Gasteiger partial charge in [0, 0.05) is 48.6 Å². The van der Waals surface area contributed by atoms with Crippen LogP contribution in [0.2, 0.25) is 0 Å². The van der Waals surface area contributed by atoms with Crippen LogP contribution in [0.3, 0.4) is 0 Å². The van der Waals surface area contributed by atoms with Crippen LogP contribution in [-0.4, -0.2) is 126 Å². The number of anilines is 1. The number of ether oxygens (including phenoxy) is 3. The molecule has 2 aromatic carbocycles. The molecule has 16 heteroatoms. The van der Waals surface area contributed by atoms with Crippen LogP contribution in [0.5, 0.6) is 17.6 Å². The fourth-order valence-corrected chi connectivity index (χ4v) is 12.2. The molecular formula is C44H52F2N6O7S. The van der Waals surface area contributed by atoms with Crippen LogP contribution in [-0.2, 0) is 14.8 Å². The molecule has 3 saturated heterocycles. The van der Waals surface area contributed by atoms with Crippen LogP contribution in [0.4, 0.5) is 14.6 Å². The molecule has 4 aromatic rings. The second-order valence-corrected chi connectivity index (χ2v) is 19.9. The summed E-state index contributed by atoms with van der Waals surface area (Å²) >= 11 is 0. The second kappa shape index (κ2) is 15.8. The molecule has 3 aliphatic heterocycles. The van der Waals surface area contributed by atoms with Crippen molar-refractivity contribution < 1.29 is 41.6 Å². The van der Waals surface area contributed by atoms with Crippen molar-refractivity contribution in [2.75, 3.05) is 71.1 Å². The Bertz CT molecular complexity index is 2470. The first-order valence-electron chi connectivity index (χ1n) is 21.1. The van der Waals surface area contributed by atoms with E-state index in [1.54, 1.807) is 16.1 Å². The summed E-state index contributed by atoms with van der Waals surface area (Å²) in [6.45, 7) is 5.75. The predicted octanol–water partition coefficient (Wildman–Crippen LogP) is 5.62. The molecule has 0 amide bonds. The lowest BCUT2D eigenvalue weighted by Crippen LogP contribution is -2.54. The Kier molecular flexibility index (Phi) is 10.8. The molecule has 2 aliphatic carbocycles. The third-order valence-electron chi connectivity index (χ3n) is 13.4. The number of piperidine rings is 2. The molecule has 5 fully saturated rings. The zero-order valence-electron chi connectivity index (χ0n) is 34.1. The summed E-state index contributed by atoms with van der Waals surface area (Å²) in [6.07, 6.45) is 14.0. The van der Waals surface area contributed by atoms with Crippen molar-refractivity contribution >= 4 is 37.5 Å². The van der Waals surface area contributed by atoms with Crippen molar-refractivity contribution in [1.29, 1.82) is 0 Å². The topological polar surface area (TPSA) is 151 Å². The standard InChI is InChI=1S/C44H52F2N6O7S/c1-4-31-33(45)11-8-28-21-29(53)22-32(35(28)31)38-37(46)39-36(41(47-38)57-3)40(51-19-20-58-25-43(2,54)24-51)49-42(48-39)59-26-44-14-5-7-34(44)50(16-6-15-44)23-27-12-17-52(18-13-27)60(55,56)30-9-10-30/h1,8,11,21-22,27,30,34,53-54H,5-7,9-10,12-20,23-26H2,2-3H3. The summed E-state index contributed by atoms with van der Waals surface area (Å²) in [5, 5.41) is 22.5. The Balaban J connectivity index is 1.07. The number of likely N-dealkylation sites (tertiary alicyclic amines) is 1. The summed E-state index contributed by atoms with van der Waals surface area (Å²) in [5.74, 6) is 1.23. The number of phenols is 1. The first kappa shape index (κ1) is 41.0. The molecule has 2 N–H and O–H groups in total. The van der Waals surface area contributed by atoms with Gasteiger partial charge in [-0.15, -0.1) is 6.42 Å². The number of fused-ring (bicyclic) bond motifs is 3. The molecule has 0 spiro atoms. The van der Waals surface area contributed by atoms with Crippen molar-refractivity contribution in [1.82, 2.24) is 24.2 Å². The number of aliphatic hydroxyl groups is 1. The van der Waals surface area contributed by atoms with Gasteiger partial charge < -0.3 is 29.3 Å². The highest BCUT2D eigenvalue weighted by Gasteiger charge is 2.49. The Hall–Kier alpha value is -4.40. The van der Waals surface area contributed by atoms with E-state index in [1.807, 2.05) is 0 Å². The van der Waals surface area contributed by atoms with Gasteiger partial charge in [-0.05, 0) is 94.3 Å². The number of β-amino-alcohol motifs (C(OH)–C–C–N with tert-alkyl or cyclic N) is 1. The number of sulfonamides is 1. The van der Waals surface area contributed by atoms with Gasteiger partial charge in [-0.25, -0.2) is 26.5 Å². The third-order valence-corrected chi connectivity index (χ3v) is 15.8. The van der Waals surface area contributed by atoms with E-state index < -0.39 is 27.3 Å². The smallest absolute Gasteiger partial charge is 0.319 e. The van der Waals surface area contributed by atoms with Gasteiger partial charge in [-0.3, -0.25) is 4.90 Å². The molecule has 320 valence electrons. The number of phenolic OH excluding ortho intramolecular Hbond substituents is 1. The molecule has 0 bridgehead atoms. The Labute approximate surface area is 349 Å². The SMILES string of the molecule is C#Cc1c(F)ccc2cc(O)cc(-c3nc(OC)c4c(N5CCOCC(C)(O)C5)nc(OCC56CCCC5N(CC5CCN(S(=O)(=O)C7CC7)CC5)CCC6)nc4c3F)c12. The van der Waals surface area contributed by atoms with Gasteiger partial charge in [0.15, 0.2) is 5.82 Å². The molecule has 3 unspecified atom stereocenters. The fraction of sp³-hybridized carbons (Fsp3) is 0.568. The van der Waals surface area contributed by atoms with Crippen molar-refractivity contribution in [3.05, 3.63) is 41.5 Å². The summed E-state index contributed by atoms with van der Waals surface area (Å²) in [5.41, 5.74) is -1.96. The Morgan fingerprint density at radius 3 is 2.55 bits per heavy atom. The molecule has 9 rings (SSSR count). The molecular weight excluding hydrogens is 795 g/mol. The minimum Gasteiger partial charge on any atom is -0.508 e. The minimum absolute atomic E-state index is 0.0312. The first-order chi connectivity index (χ1) is 28.8. The van der Waals surface area contributed by atoms with Gasteiger partial charge in [0.2, 0.25) is 15.9 Å². The number of aromatic hydroxyl groups is 1. The maximum atomic E-state index is 17.4. The summed E-state index contributed by atoms with van der Waals surface area (Å²) in [7, 11) is -1.78. The summed E-state index contributed by atoms with van der Waals surface area (Å²) in [4.78, 5) is 18.6. The predicted molar refractivity (Wildman–Crippen MR) is 223 cm³/mol. The summed E-state index contributed by atoms with van der Waals surface area (Å²) < 4.78 is 78.2. The van der Waals surface area contributed by atoms with E-state index in [1.165, 1.54) is 31.4 Å². The number of nitrogens with zero attached hydrogens (tertiary/aromatic N) is 6. The maximum Gasteiger partial charge on any atom is 0.319 e. The number of hydrogen-bond acceptors (Lipinski definition) is 12. The van der Waals surface area contributed by atoms with E-state index in [0.29, 0.717) is 37.5 Å². The largest absolute Gasteiger partial charge is 0.508 e. The zero-order chi connectivity index (χ0) is 42.0. The second-order valence-electron chi connectivity index (χ2n) is 17.7. The number of halogens is 2. The Morgan fingerprint density at radius 2 is 1.80 bits per heavy atom. The van der Waals surface area contributed by atoms with Crippen LogP contribution in [0, 0.1) is 35.3 Å². The molecule has 2 saturated carbocycles. The van der Waals surface area contributed by atoms with Gasteiger partial charge in [0.05, 0.1) is 44.3 Å². The number of benzene rings is 2. The number of terminal acetylenes is 1. The van der Waals surface area contributed by atoms with Crippen LogP contribution >= 0.6 is 0 Å². The van der Waals surface area contributed by atoms with Crippen molar-refractivity contribution in [2.45, 2.75) is 81.6 Å². The summed E-state index contributed by atoms with van der Waals surface area (Å²) in [6, 6.07) is 5.56. The molecule has 5 heterocycles. The lowest BCUT2D eigenvalue weighted by atomic mass is 9.75. The van der Waals surface area contributed by atoms with E-state index in [0.717, 1.165) is 70.9 Å². The number of hydrogen-bond donors (Lipinski definition) is 2. The Morgan fingerprint density at radius 1 is 1.02 bits per heavy atom. The molecule has 60 heavy (non-hydrogen) atoms. The molecule has 3 atom stereocenters. The minimum atomic E-state index is -3.17. The highest BCUT2D eigenvalue weighted by atomic mass is 32.2. The monoisotopic (exact) mass is 846 g/mol. The highest BCUT2D eigenvalue weighted by Crippen LogP contribution is 2.49. The van der Waals surface area contributed by atoms with Gasteiger partial charge in [-0.1, -0.05) is 18.4 Å². The molecule has 13 nitrogen and oxygen atoms in total. The van der Waals surface area contributed by atoms with Crippen molar-refractivity contribution in [2.24, 2.45) is 11.3 Å². The fourth-order valence-electron chi connectivity index (χ4n) is 10.4. The van der Waals surface area contributed by atoms with Gasteiger partial charge in [0.1, 0.15) is 39.6 Å². The third kappa shape index (κ3) is 7.50. The average molecular weight is 847 g/mol.